The van der Waals surface area contributed by atoms with E-state index in [1.807, 2.05) is 35.8 Å². The molecule has 0 spiro atoms. The van der Waals surface area contributed by atoms with Crippen molar-refractivity contribution < 1.29 is 14.3 Å². The van der Waals surface area contributed by atoms with Crippen molar-refractivity contribution in [2.75, 3.05) is 38.3 Å². The van der Waals surface area contributed by atoms with E-state index in [1.54, 1.807) is 12.3 Å². The van der Waals surface area contributed by atoms with Crippen LogP contribution < -0.4 is 4.90 Å². The number of methoxy groups -OCH3 is 1. The van der Waals surface area contributed by atoms with Crippen LogP contribution >= 0.6 is 23.2 Å². The molecule has 9 heteroatoms. The highest BCUT2D eigenvalue weighted by Crippen LogP contribution is 2.36. The number of hydrogen-bond donors (Lipinski definition) is 0. The molecule has 3 heterocycles. The Kier molecular flexibility index (Phi) is 5.41. The van der Waals surface area contributed by atoms with Gasteiger partial charge in [0.1, 0.15) is 11.3 Å². The van der Waals surface area contributed by atoms with Crippen molar-refractivity contribution >= 4 is 56.8 Å². The molecule has 2 aromatic carbocycles. The normalized spacial score (nSPS) is 14.3. The van der Waals surface area contributed by atoms with Crippen LogP contribution in [-0.4, -0.2) is 53.9 Å². The predicted octanol–water partition coefficient (Wildman–Crippen LogP) is 4.81. The summed E-state index contributed by atoms with van der Waals surface area (Å²) in [6.45, 7) is 4.59. The quantitative estimate of drug-likeness (QED) is 0.400. The number of anilines is 1. The molecular weight excluding hydrogens is 451 g/mol. The lowest BCUT2D eigenvalue weighted by Crippen LogP contribution is -2.36. The molecule has 0 atom stereocenters. The van der Waals surface area contributed by atoms with Crippen molar-refractivity contribution in [3.05, 3.63) is 58.0 Å². The number of carbonyl (C=O) groups excluding carboxylic acids is 1. The average molecular weight is 471 g/mol. The van der Waals surface area contributed by atoms with Gasteiger partial charge in [0, 0.05) is 30.4 Å². The van der Waals surface area contributed by atoms with E-state index in [9.17, 15) is 4.79 Å². The SMILES string of the molecule is COC(=O)c1cc(N2CCOCC2)cc2c1nc(C)n2-c1c(Cl)cnc2c(Cl)cccc12. The van der Waals surface area contributed by atoms with Crippen molar-refractivity contribution in [2.24, 2.45) is 0 Å². The number of ether oxygens (including phenoxy) is 2. The van der Waals surface area contributed by atoms with Crippen LogP contribution in [0.3, 0.4) is 0 Å². The van der Waals surface area contributed by atoms with E-state index in [0.29, 0.717) is 51.4 Å². The summed E-state index contributed by atoms with van der Waals surface area (Å²) in [5.41, 5.74) is 3.97. The number of rotatable bonds is 3. The maximum Gasteiger partial charge on any atom is 0.340 e. The number of hydrogen-bond acceptors (Lipinski definition) is 6. The second-order valence-electron chi connectivity index (χ2n) is 7.54. The number of para-hydroxylation sites is 1. The third kappa shape index (κ3) is 3.37. The number of morpholine rings is 1. The summed E-state index contributed by atoms with van der Waals surface area (Å²) in [4.78, 5) is 24.0. The lowest BCUT2D eigenvalue weighted by atomic mass is 10.1. The van der Waals surface area contributed by atoms with Gasteiger partial charge >= 0.3 is 5.97 Å². The maximum atomic E-state index is 12.7. The van der Waals surface area contributed by atoms with Gasteiger partial charge in [-0.1, -0.05) is 35.3 Å². The molecule has 32 heavy (non-hydrogen) atoms. The zero-order valence-corrected chi connectivity index (χ0v) is 19.1. The van der Waals surface area contributed by atoms with Crippen LogP contribution in [0.5, 0.6) is 0 Å². The number of benzene rings is 2. The molecule has 0 unspecified atom stereocenters. The summed E-state index contributed by atoms with van der Waals surface area (Å²) >= 11 is 13.1. The first kappa shape index (κ1) is 21.0. The van der Waals surface area contributed by atoms with E-state index in [2.05, 4.69) is 9.88 Å². The van der Waals surface area contributed by atoms with Gasteiger partial charge in [-0.15, -0.1) is 0 Å². The molecule has 1 fully saturated rings. The van der Waals surface area contributed by atoms with Crippen LogP contribution in [0.2, 0.25) is 10.0 Å². The summed E-state index contributed by atoms with van der Waals surface area (Å²) in [6, 6.07) is 9.44. The Morgan fingerprint density at radius 3 is 2.66 bits per heavy atom. The highest BCUT2D eigenvalue weighted by molar-refractivity contribution is 6.37. The van der Waals surface area contributed by atoms with Gasteiger partial charge in [0.05, 0.1) is 52.7 Å². The summed E-state index contributed by atoms with van der Waals surface area (Å²) in [7, 11) is 1.37. The van der Waals surface area contributed by atoms with Gasteiger partial charge in [0.2, 0.25) is 0 Å². The molecule has 1 aliphatic heterocycles. The van der Waals surface area contributed by atoms with Crippen LogP contribution in [0.25, 0.3) is 27.6 Å². The Bertz CT molecular complexity index is 1360. The second-order valence-corrected chi connectivity index (χ2v) is 8.35. The number of halogens is 2. The average Bonchev–Trinajstić information content (AvgIpc) is 3.14. The van der Waals surface area contributed by atoms with Gasteiger partial charge in [-0.2, -0.15) is 0 Å². The number of esters is 1. The van der Waals surface area contributed by atoms with E-state index in [-0.39, 0.29) is 0 Å². The van der Waals surface area contributed by atoms with Crippen LogP contribution in [-0.2, 0) is 9.47 Å². The number of pyridine rings is 1. The van der Waals surface area contributed by atoms with Gasteiger partial charge < -0.3 is 14.4 Å². The fraction of sp³-hybridized carbons (Fsp3) is 0.261. The molecular formula is C23H20Cl2N4O3. The Hall–Kier alpha value is -2.87. The molecule has 1 saturated heterocycles. The molecule has 0 N–H and O–H groups in total. The number of carbonyl (C=O) groups is 1. The minimum absolute atomic E-state index is 0.404. The molecule has 5 rings (SSSR count). The van der Waals surface area contributed by atoms with Crippen LogP contribution in [0, 0.1) is 6.92 Å². The molecule has 0 bridgehead atoms. The van der Waals surface area contributed by atoms with E-state index in [1.165, 1.54) is 7.11 Å². The minimum atomic E-state index is -0.441. The van der Waals surface area contributed by atoms with Gasteiger partial charge in [0.25, 0.3) is 0 Å². The lowest BCUT2D eigenvalue weighted by molar-refractivity contribution is 0.0603. The van der Waals surface area contributed by atoms with Crippen molar-refractivity contribution in [1.29, 1.82) is 0 Å². The fourth-order valence-corrected chi connectivity index (χ4v) is 4.66. The monoisotopic (exact) mass is 470 g/mol. The van der Waals surface area contributed by atoms with Gasteiger partial charge in [-0.05, 0) is 25.1 Å². The number of aryl methyl sites for hydroxylation is 1. The van der Waals surface area contributed by atoms with E-state index in [0.717, 1.165) is 29.7 Å². The molecule has 4 aromatic rings. The third-order valence-electron chi connectivity index (χ3n) is 5.69. The van der Waals surface area contributed by atoms with Gasteiger partial charge in [-0.25, -0.2) is 9.78 Å². The highest BCUT2D eigenvalue weighted by Gasteiger charge is 2.24. The third-order valence-corrected chi connectivity index (χ3v) is 6.27. The van der Waals surface area contributed by atoms with Crippen LogP contribution in [0.15, 0.2) is 36.5 Å². The van der Waals surface area contributed by atoms with Gasteiger partial charge in [-0.3, -0.25) is 9.55 Å². The summed E-state index contributed by atoms with van der Waals surface area (Å²) < 4.78 is 12.5. The zero-order valence-electron chi connectivity index (χ0n) is 17.6. The summed E-state index contributed by atoms with van der Waals surface area (Å²) in [5, 5.41) is 1.79. The van der Waals surface area contributed by atoms with Gasteiger partial charge in [0.15, 0.2) is 0 Å². The number of nitrogens with zero attached hydrogens (tertiary/aromatic N) is 4. The van der Waals surface area contributed by atoms with Crippen molar-refractivity contribution in [2.45, 2.75) is 6.92 Å². The minimum Gasteiger partial charge on any atom is -0.465 e. The summed E-state index contributed by atoms with van der Waals surface area (Å²) in [6.07, 6.45) is 1.59. The largest absolute Gasteiger partial charge is 0.465 e. The predicted molar refractivity (Wildman–Crippen MR) is 125 cm³/mol. The molecule has 0 amide bonds. The molecule has 2 aromatic heterocycles. The first-order valence-corrected chi connectivity index (χ1v) is 10.9. The smallest absolute Gasteiger partial charge is 0.340 e. The topological polar surface area (TPSA) is 69.5 Å². The first-order valence-electron chi connectivity index (χ1n) is 10.2. The Labute approximate surface area is 194 Å². The van der Waals surface area contributed by atoms with Crippen LogP contribution in [0.1, 0.15) is 16.2 Å². The van der Waals surface area contributed by atoms with Crippen LogP contribution in [0.4, 0.5) is 5.69 Å². The first-order chi connectivity index (χ1) is 15.5. The Balaban J connectivity index is 1.84. The maximum absolute atomic E-state index is 12.7. The molecule has 1 aliphatic rings. The Morgan fingerprint density at radius 1 is 1.12 bits per heavy atom. The van der Waals surface area contributed by atoms with E-state index in [4.69, 9.17) is 37.7 Å². The molecule has 0 radical (unpaired) electrons. The number of imidazole rings is 1. The summed E-state index contributed by atoms with van der Waals surface area (Å²) in [5.74, 6) is 0.238. The molecule has 164 valence electrons. The molecule has 0 aliphatic carbocycles. The molecule has 0 saturated carbocycles. The molecule has 7 nitrogen and oxygen atoms in total. The van der Waals surface area contributed by atoms with Crippen molar-refractivity contribution in [3.8, 4) is 5.69 Å². The number of fused-ring (bicyclic) bond motifs is 2. The van der Waals surface area contributed by atoms with E-state index < -0.39 is 5.97 Å². The van der Waals surface area contributed by atoms with Crippen molar-refractivity contribution in [1.82, 2.24) is 14.5 Å². The number of aromatic nitrogens is 3. The zero-order chi connectivity index (χ0) is 22.4. The lowest BCUT2D eigenvalue weighted by Gasteiger charge is -2.29. The Morgan fingerprint density at radius 2 is 1.91 bits per heavy atom. The second kappa shape index (κ2) is 8.24. The van der Waals surface area contributed by atoms with E-state index >= 15 is 0 Å². The standard InChI is InChI=1S/C23H20Cl2N4O3/c1-13-27-21-16(23(30)31-2)10-14(28-6-8-32-9-7-28)11-19(21)29(13)22-15-4-3-5-17(24)20(15)26-12-18(22)25/h3-5,10-12H,6-9H2,1-2H3. The highest BCUT2D eigenvalue weighted by atomic mass is 35.5. The van der Waals surface area contributed by atoms with Crippen molar-refractivity contribution in [3.63, 3.8) is 0 Å². The fourth-order valence-electron chi connectivity index (χ4n) is 4.21.